The minimum absolute atomic E-state index is 0.0100. The van der Waals surface area contributed by atoms with E-state index in [1.807, 2.05) is 17.0 Å². The normalized spacial score (nSPS) is 18.9. The Kier molecular flexibility index (Phi) is 6.71. The summed E-state index contributed by atoms with van der Waals surface area (Å²) in [6.45, 7) is 4.72. The Bertz CT molecular complexity index is 792. The lowest BCUT2D eigenvalue weighted by atomic mass is 9.87. The summed E-state index contributed by atoms with van der Waals surface area (Å²) in [6.07, 6.45) is 3.01. The number of likely N-dealkylation sites (tertiary alicyclic amines) is 1. The van der Waals surface area contributed by atoms with Crippen LogP contribution in [0.1, 0.15) is 54.3 Å². The van der Waals surface area contributed by atoms with Crippen molar-refractivity contribution in [3.63, 3.8) is 0 Å². The first kappa shape index (κ1) is 20.1. The van der Waals surface area contributed by atoms with Crippen molar-refractivity contribution in [1.82, 2.24) is 10.2 Å². The molecule has 0 bridgehead atoms. The molecule has 1 aliphatic rings. The van der Waals surface area contributed by atoms with Crippen LogP contribution in [0.4, 0.5) is 0 Å². The Balaban J connectivity index is 1.70. The summed E-state index contributed by atoms with van der Waals surface area (Å²) in [4.78, 5) is 28.1. The molecule has 0 spiro atoms. The molecule has 0 radical (unpaired) electrons. The van der Waals surface area contributed by atoms with Crippen LogP contribution in [0.25, 0.3) is 0 Å². The monoisotopic (exact) mass is 448 g/mol. The summed E-state index contributed by atoms with van der Waals surface area (Å²) in [7, 11) is 0. The summed E-state index contributed by atoms with van der Waals surface area (Å²) >= 11 is 4.73. The summed E-state index contributed by atoms with van der Waals surface area (Å²) < 4.78 is 0.903. The summed E-state index contributed by atoms with van der Waals surface area (Å²) in [5.74, 6) is 0.141. The van der Waals surface area contributed by atoms with E-state index in [9.17, 15) is 9.59 Å². The van der Waals surface area contributed by atoms with Crippen LogP contribution >= 0.6 is 27.3 Å². The minimum atomic E-state index is -0.535. The summed E-state index contributed by atoms with van der Waals surface area (Å²) in [6, 6.07) is 13.7. The van der Waals surface area contributed by atoms with Gasteiger partial charge in [-0.2, -0.15) is 0 Å². The lowest BCUT2D eigenvalue weighted by Gasteiger charge is -2.33. The van der Waals surface area contributed by atoms with E-state index in [2.05, 4.69) is 52.4 Å². The number of carbonyl (C=O) groups is 2. The van der Waals surface area contributed by atoms with E-state index < -0.39 is 6.04 Å². The molecule has 1 N–H and O–H groups in total. The van der Waals surface area contributed by atoms with Crippen LogP contribution in [-0.4, -0.2) is 35.3 Å². The van der Waals surface area contributed by atoms with Gasteiger partial charge in [0.05, 0.1) is 8.66 Å². The van der Waals surface area contributed by atoms with Crippen LogP contribution < -0.4 is 5.32 Å². The topological polar surface area (TPSA) is 49.4 Å². The Morgan fingerprint density at radius 3 is 2.63 bits per heavy atom. The van der Waals surface area contributed by atoms with Gasteiger partial charge in [0.1, 0.15) is 6.04 Å². The van der Waals surface area contributed by atoms with Crippen molar-refractivity contribution in [2.75, 3.05) is 6.54 Å². The molecule has 0 unspecified atom stereocenters. The lowest BCUT2D eigenvalue weighted by Crippen LogP contribution is -2.49. The molecule has 3 rings (SSSR count). The molecule has 1 aromatic heterocycles. The van der Waals surface area contributed by atoms with E-state index in [0.717, 1.165) is 29.6 Å². The smallest absolute Gasteiger partial charge is 0.262 e. The number of nitrogens with one attached hydrogen (secondary N) is 1. The quantitative estimate of drug-likeness (QED) is 0.688. The van der Waals surface area contributed by atoms with Gasteiger partial charge in [0.15, 0.2) is 0 Å². The summed E-state index contributed by atoms with van der Waals surface area (Å²) in [5, 5.41) is 2.86. The second-order valence-electron chi connectivity index (χ2n) is 6.97. The maximum Gasteiger partial charge on any atom is 0.262 e. The standard InChI is InChI=1S/C21H25BrN2O2S/c1-3-16(15-8-5-4-6-9-15)17-10-7-13-24(17)21(26)14(2)23-20(25)18-11-12-19(22)27-18/h4-6,8-9,11-12,14,16-17H,3,7,10,13H2,1-2H3,(H,23,25)/t14-,16+,17+/m0/s1. The van der Waals surface area contributed by atoms with Crippen molar-refractivity contribution in [2.24, 2.45) is 0 Å². The number of hydrogen-bond donors (Lipinski definition) is 1. The highest BCUT2D eigenvalue weighted by atomic mass is 79.9. The van der Waals surface area contributed by atoms with E-state index in [-0.39, 0.29) is 17.9 Å². The number of amides is 2. The molecule has 2 aromatic rings. The third-order valence-electron chi connectivity index (χ3n) is 5.23. The Labute approximate surface area is 173 Å². The molecule has 1 aliphatic heterocycles. The molecule has 4 nitrogen and oxygen atoms in total. The van der Waals surface area contributed by atoms with Crippen molar-refractivity contribution in [2.45, 2.75) is 51.1 Å². The fraction of sp³-hybridized carbons (Fsp3) is 0.429. The molecule has 3 atom stereocenters. The maximum atomic E-state index is 13.1. The first-order valence-corrected chi connectivity index (χ1v) is 11.0. The van der Waals surface area contributed by atoms with E-state index in [4.69, 9.17) is 0 Å². The largest absolute Gasteiger partial charge is 0.340 e. The fourth-order valence-corrected chi connectivity index (χ4v) is 5.22. The van der Waals surface area contributed by atoms with Crippen molar-refractivity contribution >= 4 is 39.1 Å². The average Bonchev–Trinajstić information content (AvgIpc) is 3.32. The van der Waals surface area contributed by atoms with Crippen molar-refractivity contribution in [3.8, 4) is 0 Å². The molecule has 0 aliphatic carbocycles. The van der Waals surface area contributed by atoms with Gasteiger partial charge in [0.2, 0.25) is 5.91 Å². The van der Waals surface area contributed by atoms with E-state index in [1.165, 1.54) is 16.9 Å². The maximum absolute atomic E-state index is 13.1. The molecule has 1 aromatic carbocycles. The molecule has 1 fully saturated rings. The van der Waals surface area contributed by atoms with E-state index in [0.29, 0.717) is 10.8 Å². The molecular formula is C21H25BrN2O2S. The Morgan fingerprint density at radius 2 is 2.00 bits per heavy atom. The van der Waals surface area contributed by atoms with Gasteiger partial charge >= 0.3 is 0 Å². The third-order valence-corrected chi connectivity index (χ3v) is 6.85. The van der Waals surface area contributed by atoms with Gasteiger partial charge in [-0.15, -0.1) is 11.3 Å². The zero-order chi connectivity index (χ0) is 19.4. The second kappa shape index (κ2) is 9.02. The molecule has 0 saturated carbocycles. The summed E-state index contributed by atoms with van der Waals surface area (Å²) in [5.41, 5.74) is 1.28. The van der Waals surface area contributed by atoms with Gasteiger partial charge in [-0.25, -0.2) is 0 Å². The average molecular weight is 449 g/mol. The molecule has 1 saturated heterocycles. The Morgan fingerprint density at radius 1 is 1.26 bits per heavy atom. The van der Waals surface area contributed by atoms with Crippen LogP contribution in [0.2, 0.25) is 0 Å². The lowest BCUT2D eigenvalue weighted by molar-refractivity contribution is -0.134. The molecule has 6 heteroatoms. The highest BCUT2D eigenvalue weighted by Crippen LogP contribution is 2.34. The molecule has 2 amide bonds. The van der Waals surface area contributed by atoms with Crippen LogP contribution in [0.15, 0.2) is 46.3 Å². The first-order valence-electron chi connectivity index (χ1n) is 9.43. The number of carbonyl (C=O) groups excluding carboxylic acids is 2. The Hall–Kier alpha value is -1.66. The highest BCUT2D eigenvalue weighted by Gasteiger charge is 2.36. The van der Waals surface area contributed by atoms with Crippen molar-refractivity contribution in [3.05, 3.63) is 56.7 Å². The van der Waals surface area contributed by atoms with E-state index >= 15 is 0 Å². The van der Waals surface area contributed by atoms with E-state index in [1.54, 1.807) is 13.0 Å². The minimum Gasteiger partial charge on any atom is -0.340 e. The first-order chi connectivity index (χ1) is 13.0. The number of halogens is 1. The van der Waals surface area contributed by atoms with Gasteiger partial charge in [0, 0.05) is 18.5 Å². The number of benzene rings is 1. The number of hydrogen-bond acceptors (Lipinski definition) is 3. The van der Waals surface area contributed by atoms with Crippen LogP contribution in [0.5, 0.6) is 0 Å². The van der Waals surface area contributed by atoms with Gasteiger partial charge < -0.3 is 10.2 Å². The second-order valence-corrected chi connectivity index (χ2v) is 9.43. The van der Waals surface area contributed by atoms with Gasteiger partial charge in [0.25, 0.3) is 5.91 Å². The fourth-order valence-electron chi connectivity index (χ4n) is 3.93. The van der Waals surface area contributed by atoms with Gasteiger partial charge in [-0.1, -0.05) is 37.3 Å². The molecule has 144 valence electrons. The van der Waals surface area contributed by atoms with Crippen molar-refractivity contribution in [1.29, 1.82) is 0 Å². The predicted octanol–water partition coefficient (Wildman–Crippen LogP) is 4.81. The molecular weight excluding hydrogens is 424 g/mol. The number of rotatable bonds is 6. The number of thiophene rings is 1. The van der Waals surface area contributed by atoms with Crippen LogP contribution in [0, 0.1) is 0 Å². The van der Waals surface area contributed by atoms with Crippen molar-refractivity contribution < 1.29 is 9.59 Å². The zero-order valence-corrected chi connectivity index (χ0v) is 18.1. The third kappa shape index (κ3) is 4.61. The van der Waals surface area contributed by atoms with Gasteiger partial charge in [-0.05, 0) is 59.8 Å². The molecule has 27 heavy (non-hydrogen) atoms. The highest BCUT2D eigenvalue weighted by molar-refractivity contribution is 9.11. The van der Waals surface area contributed by atoms with Crippen LogP contribution in [0.3, 0.4) is 0 Å². The molecule has 2 heterocycles. The predicted molar refractivity (Wildman–Crippen MR) is 113 cm³/mol. The van der Waals surface area contributed by atoms with Crippen LogP contribution in [-0.2, 0) is 4.79 Å². The SMILES string of the molecule is CC[C@H](c1ccccc1)[C@H]1CCCN1C(=O)[C@H](C)NC(=O)c1ccc(Br)s1. The number of nitrogens with zero attached hydrogens (tertiary/aromatic N) is 1. The van der Waals surface area contributed by atoms with Gasteiger partial charge in [-0.3, -0.25) is 9.59 Å². The zero-order valence-electron chi connectivity index (χ0n) is 15.7.